The maximum Gasteiger partial charge on any atom is 0.321 e. The molecule has 0 aliphatic heterocycles. The molecule has 2 aromatic rings. The first-order valence-corrected chi connectivity index (χ1v) is 7.24. The molecular formula is C15H16F3N5O3. The second-order valence-electron chi connectivity index (χ2n) is 5.18. The maximum atomic E-state index is 14.1. The van der Waals surface area contributed by atoms with E-state index in [0.717, 1.165) is 7.11 Å². The van der Waals surface area contributed by atoms with E-state index in [-0.39, 0.29) is 24.3 Å². The van der Waals surface area contributed by atoms with Crippen molar-refractivity contribution in [1.82, 2.24) is 20.3 Å². The van der Waals surface area contributed by atoms with Gasteiger partial charge in [0.25, 0.3) is 5.91 Å². The molecule has 0 aliphatic carbocycles. The molecule has 0 saturated heterocycles. The van der Waals surface area contributed by atoms with Crippen molar-refractivity contribution in [2.75, 3.05) is 33.2 Å². The third-order valence-electron chi connectivity index (χ3n) is 3.20. The van der Waals surface area contributed by atoms with Gasteiger partial charge in [-0.2, -0.15) is 19.3 Å². The quantitative estimate of drug-likeness (QED) is 0.766. The fourth-order valence-corrected chi connectivity index (χ4v) is 1.94. The van der Waals surface area contributed by atoms with Crippen molar-refractivity contribution in [1.29, 1.82) is 0 Å². The van der Waals surface area contributed by atoms with E-state index in [1.54, 1.807) is 19.0 Å². The lowest BCUT2D eigenvalue weighted by atomic mass is 10.1. The van der Waals surface area contributed by atoms with E-state index < -0.39 is 34.7 Å². The van der Waals surface area contributed by atoms with Gasteiger partial charge >= 0.3 is 6.01 Å². The number of benzene rings is 1. The van der Waals surface area contributed by atoms with Gasteiger partial charge in [0.15, 0.2) is 23.2 Å². The summed E-state index contributed by atoms with van der Waals surface area (Å²) in [7, 11) is 5.71. The van der Waals surface area contributed by atoms with Crippen LogP contribution in [0.3, 0.4) is 0 Å². The van der Waals surface area contributed by atoms with E-state index in [2.05, 4.69) is 25.0 Å². The summed E-state index contributed by atoms with van der Waals surface area (Å²) in [6.45, 7) is -0.223. The third kappa shape index (κ3) is 3.92. The molecule has 0 unspecified atom stereocenters. The molecule has 1 N–H and O–H groups in total. The molecule has 1 amide bonds. The van der Waals surface area contributed by atoms with Crippen molar-refractivity contribution < 1.29 is 27.4 Å². The fourth-order valence-electron chi connectivity index (χ4n) is 1.94. The van der Waals surface area contributed by atoms with Crippen LogP contribution in [-0.2, 0) is 6.54 Å². The first-order chi connectivity index (χ1) is 12.3. The topological polar surface area (TPSA) is 89.5 Å². The van der Waals surface area contributed by atoms with Crippen LogP contribution in [0.1, 0.15) is 16.2 Å². The number of rotatable bonds is 6. The lowest BCUT2D eigenvalue weighted by Crippen LogP contribution is -2.26. The van der Waals surface area contributed by atoms with Crippen LogP contribution < -0.4 is 19.7 Å². The predicted octanol–water partition coefficient (Wildman–Crippen LogP) is 1.30. The van der Waals surface area contributed by atoms with Crippen molar-refractivity contribution in [3.63, 3.8) is 0 Å². The van der Waals surface area contributed by atoms with E-state index >= 15 is 0 Å². The Labute approximate surface area is 147 Å². The molecular weight excluding hydrogens is 355 g/mol. The van der Waals surface area contributed by atoms with E-state index in [0.29, 0.717) is 6.07 Å². The fraction of sp³-hybridized carbons (Fsp3) is 0.333. The van der Waals surface area contributed by atoms with Gasteiger partial charge in [-0.1, -0.05) is 0 Å². The summed E-state index contributed by atoms with van der Waals surface area (Å²) in [5, 5.41) is 2.32. The minimum absolute atomic E-state index is 0.0219. The molecule has 0 fully saturated rings. The highest BCUT2D eigenvalue weighted by Gasteiger charge is 2.23. The van der Waals surface area contributed by atoms with Crippen LogP contribution in [-0.4, -0.2) is 49.2 Å². The molecule has 0 aliphatic rings. The van der Waals surface area contributed by atoms with Gasteiger partial charge in [-0.25, -0.2) is 8.78 Å². The summed E-state index contributed by atoms with van der Waals surface area (Å²) in [5.41, 5.74) is -0.713. The molecule has 1 aromatic heterocycles. The third-order valence-corrected chi connectivity index (χ3v) is 3.20. The molecule has 0 saturated carbocycles. The normalized spacial score (nSPS) is 10.4. The summed E-state index contributed by atoms with van der Waals surface area (Å²) in [5.74, 6) is -5.81. The SMILES string of the molecule is COc1nc(CNC(=O)c2cc(F)c(F)c(OC)c2F)nc(N(C)C)n1. The Balaban J connectivity index is 2.24. The number of aromatic nitrogens is 3. The number of methoxy groups -OCH3 is 2. The van der Waals surface area contributed by atoms with Crippen LogP contribution in [0.5, 0.6) is 11.8 Å². The van der Waals surface area contributed by atoms with Crippen molar-refractivity contribution >= 4 is 11.9 Å². The van der Waals surface area contributed by atoms with Gasteiger partial charge in [0.2, 0.25) is 11.8 Å². The molecule has 0 spiro atoms. The zero-order valence-electron chi connectivity index (χ0n) is 14.4. The van der Waals surface area contributed by atoms with E-state index in [4.69, 9.17) is 4.74 Å². The van der Waals surface area contributed by atoms with E-state index in [1.807, 2.05) is 0 Å². The summed E-state index contributed by atoms with van der Waals surface area (Å²) >= 11 is 0. The Kier molecular flexibility index (Phi) is 5.80. The smallest absolute Gasteiger partial charge is 0.321 e. The number of hydrogen-bond acceptors (Lipinski definition) is 7. The summed E-state index contributed by atoms with van der Waals surface area (Å²) < 4.78 is 50.5. The number of anilines is 1. The van der Waals surface area contributed by atoms with Gasteiger partial charge in [-0.3, -0.25) is 4.79 Å². The first-order valence-electron chi connectivity index (χ1n) is 7.24. The lowest BCUT2D eigenvalue weighted by molar-refractivity contribution is 0.0944. The number of carbonyl (C=O) groups excluding carboxylic acids is 1. The second kappa shape index (κ2) is 7.85. The summed E-state index contributed by atoms with van der Waals surface area (Å²) in [4.78, 5) is 25.8. The number of ether oxygens (including phenoxy) is 2. The summed E-state index contributed by atoms with van der Waals surface area (Å²) in [6, 6.07) is 0.468. The van der Waals surface area contributed by atoms with Gasteiger partial charge in [0, 0.05) is 14.1 Å². The maximum absolute atomic E-state index is 14.1. The lowest BCUT2D eigenvalue weighted by Gasteiger charge is -2.13. The van der Waals surface area contributed by atoms with Crippen molar-refractivity contribution in [3.05, 3.63) is 34.9 Å². The molecule has 11 heteroatoms. The average molecular weight is 371 g/mol. The van der Waals surface area contributed by atoms with Crippen LogP contribution in [0.2, 0.25) is 0 Å². The van der Waals surface area contributed by atoms with Crippen molar-refractivity contribution in [2.24, 2.45) is 0 Å². The molecule has 26 heavy (non-hydrogen) atoms. The number of carbonyl (C=O) groups is 1. The second-order valence-corrected chi connectivity index (χ2v) is 5.18. The molecule has 140 valence electrons. The molecule has 2 rings (SSSR count). The Bertz CT molecular complexity index is 833. The largest absolute Gasteiger partial charge is 0.491 e. The van der Waals surface area contributed by atoms with Crippen LogP contribution in [0, 0.1) is 17.5 Å². The zero-order chi connectivity index (χ0) is 19.4. The number of halogens is 3. The van der Waals surface area contributed by atoms with Crippen LogP contribution in [0.15, 0.2) is 6.07 Å². The van der Waals surface area contributed by atoms with Crippen molar-refractivity contribution in [3.8, 4) is 11.8 Å². The Morgan fingerprint density at radius 1 is 1.12 bits per heavy atom. The Hall–Kier alpha value is -3.11. The van der Waals surface area contributed by atoms with E-state index in [1.165, 1.54) is 7.11 Å². The minimum atomic E-state index is -1.51. The molecule has 0 bridgehead atoms. The first kappa shape index (κ1) is 19.2. The van der Waals surface area contributed by atoms with Gasteiger partial charge in [-0.05, 0) is 6.07 Å². The zero-order valence-corrected chi connectivity index (χ0v) is 14.4. The summed E-state index contributed by atoms with van der Waals surface area (Å²) in [6.07, 6.45) is 0. The predicted molar refractivity (Wildman–Crippen MR) is 84.7 cm³/mol. The Morgan fingerprint density at radius 3 is 2.38 bits per heavy atom. The standard InChI is InChI=1S/C15H16F3N5O3/c1-23(2)14-20-9(21-15(22-14)26-4)6-19-13(24)7-5-8(16)11(18)12(25-3)10(7)17/h5H,6H2,1-4H3,(H,19,24). The van der Waals surface area contributed by atoms with Gasteiger partial charge in [0.1, 0.15) is 0 Å². The van der Waals surface area contributed by atoms with Crippen LogP contribution in [0.25, 0.3) is 0 Å². The van der Waals surface area contributed by atoms with E-state index in [9.17, 15) is 18.0 Å². The molecule has 1 heterocycles. The van der Waals surface area contributed by atoms with Gasteiger partial charge < -0.3 is 19.7 Å². The minimum Gasteiger partial charge on any atom is -0.491 e. The number of nitrogens with zero attached hydrogens (tertiary/aromatic N) is 4. The number of nitrogens with one attached hydrogen (secondary N) is 1. The highest BCUT2D eigenvalue weighted by atomic mass is 19.2. The van der Waals surface area contributed by atoms with Gasteiger partial charge in [0.05, 0.1) is 26.3 Å². The highest BCUT2D eigenvalue weighted by molar-refractivity contribution is 5.94. The molecule has 0 atom stereocenters. The molecule has 0 radical (unpaired) electrons. The van der Waals surface area contributed by atoms with Crippen molar-refractivity contribution in [2.45, 2.75) is 6.54 Å². The van der Waals surface area contributed by atoms with Crippen LogP contribution in [0.4, 0.5) is 19.1 Å². The monoisotopic (exact) mass is 371 g/mol. The Morgan fingerprint density at radius 2 is 1.81 bits per heavy atom. The average Bonchev–Trinajstić information content (AvgIpc) is 2.62. The highest BCUT2D eigenvalue weighted by Crippen LogP contribution is 2.26. The number of amides is 1. The number of hydrogen-bond donors (Lipinski definition) is 1. The molecule has 8 nitrogen and oxygen atoms in total. The van der Waals surface area contributed by atoms with Gasteiger partial charge in [-0.15, -0.1) is 0 Å². The van der Waals surface area contributed by atoms with Crippen LogP contribution >= 0.6 is 0 Å². The molecule has 1 aromatic carbocycles.